The lowest BCUT2D eigenvalue weighted by Crippen LogP contribution is -2.54. The second-order valence-corrected chi connectivity index (χ2v) is 18.0. The van der Waals surface area contributed by atoms with Gasteiger partial charge >= 0.3 is 0 Å². The van der Waals surface area contributed by atoms with E-state index in [1.165, 1.54) is 18.4 Å². The number of rotatable bonds is 18. The lowest BCUT2D eigenvalue weighted by atomic mass is 9.88. The number of nitrogens with one attached hydrogen (secondary N) is 2. The number of amides is 6. The average Bonchev–Trinajstić information content (AvgIpc) is 3.53. The fourth-order valence-corrected chi connectivity index (χ4v) is 9.94. The minimum atomic E-state index is -0.950. The SMILES string of the molecule is O=C(/C=C/c1cccnc1)NCCCCC1CCN(C(=O)c2ccc(C3CCN(CCCCCCSc4ccc5c(c4)C(=O)N(C4CCC(=O)NC4=O)C5=O)CC3)cc2)CC1. The van der Waals surface area contributed by atoms with E-state index < -0.39 is 23.8 Å². The van der Waals surface area contributed by atoms with Gasteiger partial charge in [-0.2, -0.15) is 0 Å². The van der Waals surface area contributed by atoms with Gasteiger partial charge in [-0.25, -0.2) is 0 Å². The summed E-state index contributed by atoms with van der Waals surface area (Å²) in [6, 6.07) is 16.5. The monoisotopic (exact) mass is 846 g/mol. The quantitative estimate of drug-likeness (QED) is 0.0606. The molecule has 2 aromatic carbocycles. The number of hydrogen-bond donors (Lipinski definition) is 2. The van der Waals surface area contributed by atoms with Crippen molar-refractivity contribution < 1.29 is 28.8 Å². The van der Waals surface area contributed by atoms with Gasteiger partial charge in [-0.15, -0.1) is 11.8 Å². The van der Waals surface area contributed by atoms with E-state index >= 15 is 0 Å². The predicted molar refractivity (Wildman–Crippen MR) is 236 cm³/mol. The molecule has 1 aromatic heterocycles. The maximum absolute atomic E-state index is 13.3. The molecule has 5 heterocycles. The highest BCUT2D eigenvalue weighted by Gasteiger charge is 2.44. The molecule has 3 fully saturated rings. The summed E-state index contributed by atoms with van der Waals surface area (Å²) >= 11 is 1.68. The number of benzene rings is 2. The number of piperidine rings is 3. The zero-order valence-corrected chi connectivity index (χ0v) is 35.8. The zero-order chi connectivity index (χ0) is 42.6. The Kier molecular flexibility index (Phi) is 15.5. The smallest absolute Gasteiger partial charge is 0.262 e. The maximum Gasteiger partial charge on any atom is 0.262 e. The molecule has 0 saturated carbocycles. The molecule has 1 unspecified atom stereocenters. The molecule has 0 aliphatic carbocycles. The lowest BCUT2D eigenvalue weighted by molar-refractivity contribution is -0.136. The number of thioether (sulfide) groups is 1. The van der Waals surface area contributed by atoms with Gasteiger partial charge in [-0.1, -0.05) is 43.9 Å². The van der Waals surface area contributed by atoms with Crippen LogP contribution in [0, 0.1) is 5.92 Å². The largest absolute Gasteiger partial charge is 0.353 e. The number of fused-ring (bicyclic) bond motifs is 1. The summed E-state index contributed by atoms with van der Waals surface area (Å²) < 4.78 is 0. The second-order valence-electron chi connectivity index (χ2n) is 16.8. The van der Waals surface area contributed by atoms with Crippen LogP contribution in [0.4, 0.5) is 0 Å². The van der Waals surface area contributed by atoms with Gasteiger partial charge in [0, 0.05) is 55.0 Å². The molecule has 0 spiro atoms. The van der Waals surface area contributed by atoms with Gasteiger partial charge in [-0.3, -0.25) is 44.0 Å². The topological polar surface area (TPSA) is 149 Å². The van der Waals surface area contributed by atoms with Gasteiger partial charge in [0.15, 0.2) is 0 Å². The molecule has 3 saturated heterocycles. The van der Waals surface area contributed by atoms with Gasteiger partial charge in [0.1, 0.15) is 6.04 Å². The first-order valence-electron chi connectivity index (χ1n) is 22.2. The van der Waals surface area contributed by atoms with Crippen LogP contribution in [0.25, 0.3) is 6.08 Å². The molecule has 1 atom stereocenters. The maximum atomic E-state index is 13.3. The summed E-state index contributed by atoms with van der Waals surface area (Å²) in [6.45, 7) is 5.57. The highest BCUT2D eigenvalue weighted by molar-refractivity contribution is 7.99. The van der Waals surface area contributed by atoms with Crippen molar-refractivity contribution in [2.75, 3.05) is 45.0 Å². The molecule has 3 aromatic rings. The van der Waals surface area contributed by atoms with Crippen LogP contribution in [-0.4, -0.2) is 106 Å². The third-order valence-corrected chi connectivity index (χ3v) is 13.7. The molecule has 0 bridgehead atoms. The Morgan fingerprint density at radius 1 is 0.820 bits per heavy atom. The van der Waals surface area contributed by atoms with E-state index in [1.54, 1.807) is 48.4 Å². The van der Waals surface area contributed by atoms with Crippen molar-refractivity contribution in [2.45, 2.75) is 100 Å². The highest BCUT2D eigenvalue weighted by atomic mass is 32.2. The Morgan fingerprint density at radius 3 is 2.34 bits per heavy atom. The van der Waals surface area contributed by atoms with Gasteiger partial charge in [0.2, 0.25) is 17.7 Å². The van der Waals surface area contributed by atoms with Gasteiger partial charge in [-0.05, 0) is 142 Å². The van der Waals surface area contributed by atoms with Crippen molar-refractivity contribution in [2.24, 2.45) is 5.92 Å². The van der Waals surface area contributed by atoms with Crippen LogP contribution >= 0.6 is 11.8 Å². The van der Waals surface area contributed by atoms with Crippen molar-refractivity contribution in [1.82, 2.24) is 30.3 Å². The Hall–Kier alpha value is -5.14. The molecule has 0 radical (unpaired) electrons. The number of pyridine rings is 1. The van der Waals surface area contributed by atoms with E-state index in [4.69, 9.17) is 0 Å². The fourth-order valence-electron chi connectivity index (χ4n) is 8.99. The van der Waals surface area contributed by atoms with Crippen LogP contribution in [0.3, 0.4) is 0 Å². The molecule has 322 valence electrons. The van der Waals surface area contributed by atoms with Crippen LogP contribution in [0.2, 0.25) is 0 Å². The van der Waals surface area contributed by atoms with Crippen molar-refractivity contribution in [3.05, 3.63) is 101 Å². The number of hydrogen-bond acceptors (Lipinski definition) is 9. The highest BCUT2D eigenvalue weighted by Crippen LogP contribution is 2.32. The molecular weight excluding hydrogens is 789 g/mol. The summed E-state index contributed by atoms with van der Waals surface area (Å²) in [5.41, 5.74) is 3.66. The van der Waals surface area contributed by atoms with Gasteiger partial charge < -0.3 is 15.1 Å². The molecule has 61 heavy (non-hydrogen) atoms. The number of aromatic nitrogens is 1. The molecular formula is C48H58N6O6S. The minimum Gasteiger partial charge on any atom is -0.353 e. The first kappa shape index (κ1) is 43.9. The van der Waals surface area contributed by atoms with Crippen molar-refractivity contribution in [3.63, 3.8) is 0 Å². The van der Waals surface area contributed by atoms with Crippen molar-refractivity contribution in [1.29, 1.82) is 0 Å². The summed E-state index contributed by atoms with van der Waals surface area (Å²) in [7, 11) is 0. The molecule has 12 nitrogen and oxygen atoms in total. The first-order chi connectivity index (χ1) is 29.7. The van der Waals surface area contributed by atoms with Crippen LogP contribution in [0.5, 0.6) is 0 Å². The summed E-state index contributed by atoms with van der Waals surface area (Å²) in [5, 5.41) is 5.20. The number of carbonyl (C=O) groups is 6. The Morgan fingerprint density at radius 2 is 1.59 bits per heavy atom. The third-order valence-electron chi connectivity index (χ3n) is 12.6. The normalized spacial score (nSPS) is 19.1. The average molecular weight is 847 g/mol. The lowest BCUT2D eigenvalue weighted by Gasteiger charge is -2.33. The first-order valence-corrected chi connectivity index (χ1v) is 23.2. The summed E-state index contributed by atoms with van der Waals surface area (Å²) in [4.78, 5) is 86.0. The predicted octanol–water partition coefficient (Wildman–Crippen LogP) is 6.87. The zero-order valence-electron chi connectivity index (χ0n) is 35.0. The summed E-state index contributed by atoms with van der Waals surface area (Å²) in [5.74, 6) is 0.203. The molecule has 6 amide bonds. The number of unbranched alkanes of at least 4 members (excludes halogenated alkanes) is 4. The number of imide groups is 2. The fraction of sp³-hybridized carbons (Fsp3) is 0.479. The third kappa shape index (κ3) is 11.8. The van der Waals surface area contributed by atoms with E-state index in [0.717, 1.165) is 117 Å². The Bertz CT molecular complexity index is 2060. The number of likely N-dealkylation sites (tertiary alicyclic amines) is 2. The summed E-state index contributed by atoms with van der Waals surface area (Å²) in [6.07, 6.45) is 19.0. The second kappa shape index (κ2) is 21.6. The molecule has 4 aliphatic heterocycles. The van der Waals surface area contributed by atoms with E-state index in [2.05, 4.69) is 32.7 Å². The molecule has 4 aliphatic rings. The number of carbonyl (C=O) groups excluding carboxylic acids is 6. The van der Waals surface area contributed by atoms with Crippen molar-refractivity contribution >= 4 is 53.3 Å². The van der Waals surface area contributed by atoms with Crippen LogP contribution in [-0.2, 0) is 14.4 Å². The van der Waals surface area contributed by atoms with Gasteiger partial charge in [0.25, 0.3) is 17.7 Å². The van der Waals surface area contributed by atoms with Crippen LogP contribution in [0.15, 0.2) is 78.0 Å². The Labute approximate surface area is 363 Å². The standard InChI is InChI=1S/C48H58N6O6S/c55-43(18-10-35-9-7-24-49-33-35)50-25-4-3-8-34-20-29-53(30-21-34)46(58)38-13-11-36(12-14-38)37-22-27-52(28-23-37)26-5-1-2-6-31-61-39-15-16-40-41(32-39)48(60)54(47(40)59)42-17-19-44(56)51-45(42)57/h7,9-16,18,24,32-34,37,42H,1-6,8,17,19-23,25-31H2,(H,50,55)(H,51,56,57)/b18-10+. The van der Waals surface area contributed by atoms with E-state index in [-0.39, 0.29) is 30.6 Å². The van der Waals surface area contributed by atoms with Crippen LogP contribution < -0.4 is 10.6 Å². The molecule has 7 rings (SSSR count). The van der Waals surface area contributed by atoms with E-state index in [9.17, 15) is 28.8 Å². The van der Waals surface area contributed by atoms with Crippen LogP contribution in [0.1, 0.15) is 132 Å². The van der Waals surface area contributed by atoms with Gasteiger partial charge in [0.05, 0.1) is 11.1 Å². The number of nitrogens with zero attached hydrogens (tertiary/aromatic N) is 4. The minimum absolute atomic E-state index is 0.0833. The van der Waals surface area contributed by atoms with E-state index in [1.807, 2.05) is 35.2 Å². The molecule has 13 heteroatoms. The Balaban J connectivity index is 0.721. The van der Waals surface area contributed by atoms with E-state index in [0.29, 0.717) is 29.5 Å². The molecule has 2 N–H and O–H groups in total. The van der Waals surface area contributed by atoms with Crippen molar-refractivity contribution in [3.8, 4) is 0 Å².